The number of hydrogen-bond acceptors (Lipinski definition) is 7. The summed E-state index contributed by atoms with van der Waals surface area (Å²) in [4.78, 5) is 12.8. The van der Waals surface area contributed by atoms with Crippen molar-refractivity contribution in [3.63, 3.8) is 0 Å². The molecule has 0 saturated carbocycles. The van der Waals surface area contributed by atoms with Gasteiger partial charge in [0.15, 0.2) is 34.9 Å². The van der Waals surface area contributed by atoms with Crippen molar-refractivity contribution in [3.05, 3.63) is 18.3 Å². The van der Waals surface area contributed by atoms with Crippen LogP contribution >= 0.6 is 0 Å². The molecule has 1 aliphatic heterocycles. The third kappa shape index (κ3) is 3.08. The number of nitrogen functional groups attached to an aromatic ring is 1. The van der Waals surface area contributed by atoms with E-state index in [-0.39, 0.29) is 21.7 Å². The van der Waals surface area contributed by atoms with E-state index in [1.807, 2.05) is 13.8 Å². The maximum Gasteiger partial charge on any atom is 0.197 e. The molecule has 2 aromatic heterocycles. The first kappa shape index (κ1) is 18.2. The molecule has 3 heterocycles. The van der Waals surface area contributed by atoms with Crippen LogP contribution < -0.4 is 10.2 Å². The molecule has 1 atom stereocenters. The Morgan fingerprint density at radius 2 is 2.08 bits per heavy atom. The predicted molar refractivity (Wildman–Crippen MR) is 91.8 cm³/mol. The lowest BCUT2D eigenvalue weighted by molar-refractivity contribution is 0.386. The molecule has 10 heteroatoms. The molecule has 2 aromatic rings. The van der Waals surface area contributed by atoms with Gasteiger partial charge in [-0.3, -0.25) is 0 Å². The van der Waals surface area contributed by atoms with E-state index >= 15 is 0 Å². The van der Waals surface area contributed by atoms with Crippen molar-refractivity contribution >= 4 is 44.7 Å². The van der Waals surface area contributed by atoms with Crippen molar-refractivity contribution in [2.24, 2.45) is 10.9 Å². The Bertz CT molecular complexity index is 913. The van der Waals surface area contributed by atoms with Crippen LogP contribution in [0.15, 0.2) is 23.3 Å². The maximum absolute atomic E-state index is 11.5. The van der Waals surface area contributed by atoms with Gasteiger partial charge in [0, 0.05) is 12.1 Å². The number of aromatic nitrogens is 2. The van der Waals surface area contributed by atoms with E-state index in [2.05, 4.69) is 15.0 Å². The minimum atomic E-state index is -4.49. The van der Waals surface area contributed by atoms with Crippen molar-refractivity contribution in [2.45, 2.75) is 13.8 Å². The van der Waals surface area contributed by atoms with E-state index in [9.17, 15) is 13.0 Å². The van der Waals surface area contributed by atoms with Gasteiger partial charge in [0.25, 0.3) is 0 Å². The van der Waals surface area contributed by atoms with Crippen molar-refractivity contribution in [1.29, 1.82) is 0 Å². The van der Waals surface area contributed by atoms with Crippen LogP contribution in [0.25, 0.3) is 11.0 Å². The number of aliphatic imine (C=N–C) groups is 1. The van der Waals surface area contributed by atoms with Gasteiger partial charge in [-0.1, -0.05) is 13.8 Å². The SMILES string of the molecule is CC(C)C[N+]1(CS(=O)(=O)[O-])C=Nc2c(N)nc3cccnc3c21.O. The van der Waals surface area contributed by atoms with Gasteiger partial charge in [-0.2, -0.15) is 4.99 Å². The zero-order chi connectivity index (χ0) is 16.8. The van der Waals surface area contributed by atoms with Gasteiger partial charge in [0.05, 0.1) is 12.1 Å². The van der Waals surface area contributed by atoms with Gasteiger partial charge >= 0.3 is 0 Å². The fourth-order valence-corrected chi connectivity index (χ4v) is 3.95. The molecule has 24 heavy (non-hydrogen) atoms. The van der Waals surface area contributed by atoms with Gasteiger partial charge in [-0.15, -0.1) is 0 Å². The number of quaternary nitrogens is 1. The molecule has 0 saturated heterocycles. The number of anilines is 1. The molecule has 0 spiro atoms. The van der Waals surface area contributed by atoms with Crippen LogP contribution in [0.5, 0.6) is 0 Å². The molecule has 0 fully saturated rings. The highest BCUT2D eigenvalue weighted by Crippen LogP contribution is 2.46. The van der Waals surface area contributed by atoms with Crippen molar-refractivity contribution < 1.29 is 18.4 Å². The lowest BCUT2D eigenvalue weighted by Gasteiger charge is -2.33. The summed E-state index contributed by atoms with van der Waals surface area (Å²) < 4.78 is 34.3. The Labute approximate surface area is 139 Å². The quantitative estimate of drug-likeness (QED) is 0.624. The molecule has 1 aliphatic rings. The van der Waals surface area contributed by atoms with Crippen LogP contribution in [0.4, 0.5) is 17.2 Å². The minimum Gasteiger partial charge on any atom is -0.744 e. The smallest absolute Gasteiger partial charge is 0.197 e. The first-order valence-corrected chi connectivity index (χ1v) is 8.70. The van der Waals surface area contributed by atoms with E-state index in [1.54, 1.807) is 18.3 Å². The highest BCUT2D eigenvalue weighted by atomic mass is 32.2. The van der Waals surface area contributed by atoms with E-state index in [0.717, 1.165) is 0 Å². The van der Waals surface area contributed by atoms with Crippen molar-refractivity contribution in [1.82, 2.24) is 14.5 Å². The molecule has 0 bridgehead atoms. The second-order valence-corrected chi connectivity index (χ2v) is 7.48. The summed E-state index contributed by atoms with van der Waals surface area (Å²) in [6.07, 6.45) is 3.06. The topological polar surface area (TPSA) is 153 Å². The fourth-order valence-electron chi connectivity index (χ4n) is 3.08. The molecule has 0 radical (unpaired) electrons. The summed E-state index contributed by atoms with van der Waals surface area (Å²) in [7, 11) is -4.49. The number of pyridine rings is 2. The van der Waals surface area contributed by atoms with Crippen LogP contribution in [0.1, 0.15) is 13.8 Å². The molecule has 9 nitrogen and oxygen atoms in total. The second kappa shape index (κ2) is 6.06. The lowest BCUT2D eigenvalue weighted by Crippen LogP contribution is -2.52. The van der Waals surface area contributed by atoms with Gasteiger partial charge in [-0.05, 0) is 12.1 Å². The maximum atomic E-state index is 11.5. The Balaban J connectivity index is 0.00000208. The van der Waals surface area contributed by atoms with E-state index in [1.165, 1.54) is 6.34 Å². The number of fused-ring (bicyclic) bond motifs is 3. The van der Waals surface area contributed by atoms with E-state index in [0.29, 0.717) is 29.0 Å². The molecule has 0 aliphatic carbocycles. The van der Waals surface area contributed by atoms with Gasteiger partial charge < -0.3 is 15.8 Å². The van der Waals surface area contributed by atoms with E-state index in [4.69, 9.17) is 5.73 Å². The van der Waals surface area contributed by atoms with Gasteiger partial charge in [0.2, 0.25) is 0 Å². The molecule has 0 amide bonds. The molecule has 3 rings (SSSR count). The standard InChI is InChI=1S/C14H17N5O3S.H2O/c1-9(2)6-19(8-23(20,21)22)7-17-12-13(19)11-10(18-14(12)15)4-3-5-16-11;/h3-5,7,9H,6,8H2,1-2H3,(H2-,15,18,20,21,22);1H2. The van der Waals surface area contributed by atoms with Crippen molar-refractivity contribution in [3.8, 4) is 0 Å². The number of rotatable bonds is 4. The third-order valence-electron chi connectivity index (χ3n) is 3.65. The molecule has 130 valence electrons. The fraction of sp³-hybridized carbons (Fsp3) is 0.357. The highest BCUT2D eigenvalue weighted by Gasteiger charge is 2.42. The zero-order valence-electron chi connectivity index (χ0n) is 13.3. The molecular weight excluding hydrogens is 334 g/mol. The molecule has 0 aromatic carbocycles. The largest absolute Gasteiger partial charge is 0.744 e. The lowest BCUT2D eigenvalue weighted by atomic mass is 10.1. The van der Waals surface area contributed by atoms with E-state index < -0.39 is 16.0 Å². The Kier molecular flexibility index (Phi) is 4.59. The number of hydrogen-bond donors (Lipinski definition) is 1. The van der Waals surface area contributed by atoms with Crippen LogP contribution in [-0.4, -0.2) is 47.2 Å². The molecule has 1 unspecified atom stereocenters. The second-order valence-electron chi connectivity index (χ2n) is 6.11. The number of nitrogens with two attached hydrogens (primary N) is 1. The summed E-state index contributed by atoms with van der Waals surface area (Å²) in [6.45, 7) is 4.29. The first-order chi connectivity index (χ1) is 10.7. The monoisotopic (exact) mass is 353 g/mol. The van der Waals surface area contributed by atoms with Crippen molar-refractivity contribution in [2.75, 3.05) is 18.2 Å². The summed E-state index contributed by atoms with van der Waals surface area (Å²) in [5.74, 6) is -0.303. The zero-order valence-corrected chi connectivity index (χ0v) is 14.1. The Morgan fingerprint density at radius 3 is 2.71 bits per heavy atom. The molecular formula is C14H19N5O4S. The van der Waals surface area contributed by atoms with Crippen LogP contribution in [-0.2, 0) is 10.1 Å². The molecule has 4 N–H and O–H groups in total. The van der Waals surface area contributed by atoms with Crippen LogP contribution in [0, 0.1) is 5.92 Å². The Morgan fingerprint density at radius 1 is 1.38 bits per heavy atom. The minimum absolute atomic E-state index is 0. The average molecular weight is 353 g/mol. The predicted octanol–water partition coefficient (Wildman–Crippen LogP) is 0.527. The van der Waals surface area contributed by atoms with Gasteiger partial charge in [0.1, 0.15) is 10.1 Å². The summed E-state index contributed by atoms with van der Waals surface area (Å²) in [6, 6.07) is 3.46. The van der Waals surface area contributed by atoms with Crippen LogP contribution in [0.3, 0.4) is 0 Å². The van der Waals surface area contributed by atoms with Gasteiger partial charge in [-0.25, -0.2) is 22.9 Å². The Hall–Kier alpha value is -2.14. The third-order valence-corrected chi connectivity index (χ3v) is 4.43. The average Bonchev–Trinajstić information content (AvgIpc) is 2.76. The summed E-state index contributed by atoms with van der Waals surface area (Å²) in [5.41, 5.74) is 7.94. The van der Waals surface area contributed by atoms with Crippen LogP contribution in [0.2, 0.25) is 0 Å². The highest BCUT2D eigenvalue weighted by molar-refractivity contribution is 7.85. The normalized spacial score (nSPS) is 19.5. The summed E-state index contributed by atoms with van der Waals surface area (Å²) >= 11 is 0. The number of nitrogens with zero attached hydrogens (tertiary/aromatic N) is 4. The first-order valence-electron chi connectivity index (χ1n) is 7.12. The summed E-state index contributed by atoms with van der Waals surface area (Å²) in [5, 5.41) is 0.